The van der Waals surface area contributed by atoms with Crippen LogP contribution in [0.4, 0.5) is 0 Å². The highest BCUT2D eigenvalue weighted by Gasteiger charge is 2.48. The van der Waals surface area contributed by atoms with Gasteiger partial charge in [-0.05, 0) is 100 Å². The van der Waals surface area contributed by atoms with Crippen molar-refractivity contribution in [3.63, 3.8) is 0 Å². The van der Waals surface area contributed by atoms with Gasteiger partial charge in [0.05, 0.1) is 27.7 Å². The lowest BCUT2D eigenvalue weighted by Crippen LogP contribution is -2.35. The normalized spacial score (nSPS) is 15.1. The standard InChI is InChI=1S/C55H33N3O2/c1-2-13-36(14-3-1)46-26-28-48-54(57-46)41-30-37(25-27-47(41)58(48)53-20-10-11-29-56-53)38-24-23-35-22-21-34-12-4-6-16-42(34)55(44(35)31-38)43-17-7-9-19-50(43)60-52-32-40-39-15-5-8-18-49(39)59-51(40)33-45(52)55/h1-33H. The zero-order valence-corrected chi connectivity index (χ0v) is 32.2. The largest absolute Gasteiger partial charge is 0.457 e. The smallest absolute Gasteiger partial charge is 0.137 e. The van der Waals surface area contributed by atoms with Crippen molar-refractivity contribution in [2.24, 2.45) is 0 Å². The maximum absolute atomic E-state index is 6.91. The second-order valence-electron chi connectivity index (χ2n) is 15.7. The summed E-state index contributed by atoms with van der Waals surface area (Å²) in [6, 6.07) is 64.4. The zero-order chi connectivity index (χ0) is 39.4. The van der Waals surface area contributed by atoms with Crippen LogP contribution in [0, 0.1) is 0 Å². The molecule has 2 aliphatic rings. The molecular formula is C55H33N3O2. The van der Waals surface area contributed by atoms with Crippen molar-refractivity contribution in [3.05, 3.63) is 222 Å². The first-order valence-electron chi connectivity index (χ1n) is 20.3. The summed E-state index contributed by atoms with van der Waals surface area (Å²) in [4.78, 5) is 10.1. The fourth-order valence-corrected chi connectivity index (χ4v) is 9.92. The van der Waals surface area contributed by atoms with Crippen molar-refractivity contribution in [1.29, 1.82) is 0 Å². The van der Waals surface area contributed by atoms with Crippen LogP contribution >= 0.6 is 0 Å². The van der Waals surface area contributed by atoms with Gasteiger partial charge in [0.25, 0.3) is 0 Å². The van der Waals surface area contributed by atoms with Crippen LogP contribution in [0.3, 0.4) is 0 Å². The summed E-state index contributed by atoms with van der Waals surface area (Å²) in [7, 11) is 0. The molecule has 280 valence electrons. The first kappa shape index (κ1) is 33.0. The minimum absolute atomic E-state index is 0.742. The molecule has 5 nitrogen and oxygen atoms in total. The molecule has 5 heteroatoms. The lowest BCUT2D eigenvalue weighted by molar-refractivity contribution is 0.435. The Bertz CT molecular complexity index is 3580. The Labute approximate surface area is 345 Å². The molecule has 0 saturated heterocycles. The third kappa shape index (κ3) is 4.63. The fraction of sp³-hybridized carbons (Fsp3) is 0.0182. The van der Waals surface area contributed by atoms with Crippen molar-refractivity contribution < 1.29 is 9.15 Å². The number of nitrogens with zero attached hydrogens (tertiary/aromatic N) is 3. The van der Waals surface area contributed by atoms with Crippen molar-refractivity contribution in [1.82, 2.24) is 14.5 Å². The summed E-state index contributed by atoms with van der Waals surface area (Å²) in [5.74, 6) is 2.52. The number of benzene rings is 7. The predicted molar refractivity (Wildman–Crippen MR) is 242 cm³/mol. The quantitative estimate of drug-likeness (QED) is 0.180. The molecule has 60 heavy (non-hydrogen) atoms. The third-order valence-electron chi connectivity index (χ3n) is 12.5. The highest BCUT2D eigenvalue weighted by Crippen LogP contribution is 2.59. The second kappa shape index (κ2) is 12.5. The molecule has 0 fully saturated rings. The summed E-state index contributed by atoms with van der Waals surface area (Å²) >= 11 is 0. The molecule has 7 aromatic carbocycles. The fourth-order valence-electron chi connectivity index (χ4n) is 9.92. The number of hydrogen-bond donors (Lipinski definition) is 0. The molecule has 13 rings (SSSR count). The maximum atomic E-state index is 6.91. The van der Waals surface area contributed by atoms with E-state index in [0.29, 0.717) is 0 Å². The first-order chi connectivity index (χ1) is 29.7. The van der Waals surface area contributed by atoms with Gasteiger partial charge in [-0.2, -0.15) is 0 Å². The number of rotatable bonds is 3. The van der Waals surface area contributed by atoms with E-state index >= 15 is 0 Å². The van der Waals surface area contributed by atoms with Crippen LogP contribution in [0.2, 0.25) is 0 Å². The Hall–Kier alpha value is -8.02. The van der Waals surface area contributed by atoms with Gasteiger partial charge >= 0.3 is 0 Å². The average molecular weight is 768 g/mol. The summed E-state index contributed by atoms with van der Waals surface area (Å²) in [5.41, 5.74) is 15.0. The van der Waals surface area contributed by atoms with Crippen molar-refractivity contribution in [3.8, 4) is 39.7 Å². The number of aromatic nitrogens is 3. The van der Waals surface area contributed by atoms with Gasteiger partial charge in [0.2, 0.25) is 0 Å². The van der Waals surface area contributed by atoms with Gasteiger partial charge in [-0.3, -0.25) is 4.57 Å². The van der Waals surface area contributed by atoms with E-state index in [1.807, 2.05) is 36.5 Å². The van der Waals surface area contributed by atoms with E-state index in [9.17, 15) is 0 Å². The summed E-state index contributed by atoms with van der Waals surface area (Å²) < 4.78 is 15.7. The summed E-state index contributed by atoms with van der Waals surface area (Å²) in [5, 5.41) is 3.17. The minimum atomic E-state index is -0.742. The molecule has 0 N–H and O–H groups in total. The average Bonchev–Trinajstić information content (AvgIpc) is 3.80. The predicted octanol–water partition coefficient (Wildman–Crippen LogP) is 13.8. The topological polar surface area (TPSA) is 53.1 Å². The number of furan rings is 1. The molecule has 5 heterocycles. The Morgan fingerprint density at radius 1 is 0.450 bits per heavy atom. The maximum Gasteiger partial charge on any atom is 0.137 e. The molecule has 1 atom stereocenters. The Kier molecular flexibility index (Phi) is 6.87. The summed E-state index contributed by atoms with van der Waals surface area (Å²) in [6.45, 7) is 0. The number of hydrogen-bond acceptors (Lipinski definition) is 4. The van der Waals surface area contributed by atoms with Gasteiger partial charge in [-0.25, -0.2) is 9.97 Å². The van der Waals surface area contributed by atoms with Crippen molar-refractivity contribution in [2.45, 2.75) is 5.41 Å². The second-order valence-corrected chi connectivity index (χ2v) is 15.7. The van der Waals surface area contributed by atoms with Gasteiger partial charge in [-0.1, -0.05) is 127 Å². The van der Waals surface area contributed by atoms with Crippen LogP contribution in [0.15, 0.2) is 193 Å². The monoisotopic (exact) mass is 767 g/mol. The van der Waals surface area contributed by atoms with E-state index in [-0.39, 0.29) is 0 Å². The molecule has 1 aliphatic carbocycles. The lowest BCUT2D eigenvalue weighted by atomic mass is 9.62. The summed E-state index contributed by atoms with van der Waals surface area (Å²) in [6.07, 6.45) is 6.37. The van der Waals surface area contributed by atoms with E-state index in [1.165, 1.54) is 11.1 Å². The molecule has 0 bridgehead atoms. The Morgan fingerprint density at radius 3 is 2.10 bits per heavy atom. The number of ether oxygens (including phenoxy) is 1. The zero-order valence-electron chi connectivity index (χ0n) is 32.2. The number of para-hydroxylation sites is 2. The third-order valence-corrected chi connectivity index (χ3v) is 12.5. The van der Waals surface area contributed by atoms with E-state index in [2.05, 4.69) is 168 Å². The molecule has 1 aliphatic heterocycles. The van der Waals surface area contributed by atoms with E-state index in [0.717, 1.165) is 106 Å². The highest BCUT2D eigenvalue weighted by molar-refractivity contribution is 6.09. The van der Waals surface area contributed by atoms with Crippen LogP contribution in [0.5, 0.6) is 11.5 Å². The van der Waals surface area contributed by atoms with Gasteiger partial charge < -0.3 is 9.15 Å². The molecule has 1 unspecified atom stereocenters. The highest BCUT2D eigenvalue weighted by atomic mass is 16.5. The molecule has 1 spiro atoms. The van der Waals surface area contributed by atoms with Gasteiger partial charge in [-0.15, -0.1) is 0 Å². The lowest BCUT2D eigenvalue weighted by Gasteiger charge is -2.42. The molecule has 0 amide bonds. The minimum Gasteiger partial charge on any atom is -0.457 e. The SMILES string of the molecule is C1=Cc2ccc(-c3ccc4c(c3)c3nc(-c5ccccc5)ccc3n4-c3ccccn3)cc2C2(c3ccccc31)c1ccccc1Oc1cc3c(cc12)oc1ccccc13. The first-order valence-corrected chi connectivity index (χ1v) is 20.3. The molecule has 11 aromatic rings. The van der Waals surface area contributed by atoms with Crippen LogP contribution in [0.1, 0.15) is 33.4 Å². The molecule has 0 saturated carbocycles. The Balaban J connectivity index is 1.09. The molecule has 4 aromatic heterocycles. The van der Waals surface area contributed by atoms with Gasteiger partial charge in [0, 0.05) is 39.0 Å². The van der Waals surface area contributed by atoms with Crippen LogP contribution in [-0.2, 0) is 5.41 Å². The molecule has 0 radical (unpaired) electrons. The van der Waals surface area contributed by atoms with Crippen LogP contribution < -0.4 is 4.74 Å². The van der Waals surface area contributed by atoms with Crippen molar-refractivity contribution in [2.75, 3.05) is 0 Å². The van der Waals surface area contributed by atoms with E-state index in [4.69, 9.17) is 19.1 Å². The van der Waals surface area contributed by atoms with E-state index < -0.39 is 5.41 Å². The van der Waals surface area contributed by atoms with Crippen molar-refractivity contribution >= 4 is 56.0 Å². The molecular weight excluding hydrogens is 735 g/mol. The van der Waals surface area contributed by atoms with Crippen LogP contribution in [0.25, 0.3) is 84.2 Å². The number of pyridine rings is 2. The van der Waals surface area contributed by atoms with Gasteiger partial charge in [0.1, 0.15) is 28.5 Å². The van der Waals surface area contributed by atoms with E-state index in [1.54, 1.807) is 0 Å². The number of fused-ring (bicyclic) bond motifs is 14. The Morgan fingerprint density at radius 2 is 1.20 bits per heavy atom. The van der Waals surface area contributed by atoms with Crippen LogP contribution in [-0.4, -0.2) is 14.5 Å². The van der Waals surface area contributed by atoms with Gasteiger partial charge in [0.15, 0.2) is 0 Å².